The third-order valence-electron chi connectivity index (χ3n) is 4.39. The van der Waals surface area contributed by atoms with E-state index in [1.807, 2.05) is 12.1 Å². The topological polar surface area (TPSA) is 117 Å². The van der Waals surface area contributed by atoms with E-state index < -0.39 is 6.04 Å². The lowest BCUT2D eigenvalue weighted by molar-refractivity contribution is -0.136. The average Bonchev–Trinajstić information content (AvgIpc) is 3.36. The summed E-state index contributed by atoms with van der Waals surface area (Å²) in [4.78, 5) is 30.9. The van der Waals surface area contributed by atoms with Crippen LogP contribution in [0.5, 0.6) is 0 Å². The Hall–Kier alpha value is -2.10. The van der Waals surface area contributed by atoms with Crippen molar-refractivity contribution in [3.63, 3.8) is 0 Å². The number of H-pyrrole nitrogens is 1. The third-order valence-corrected chi connectivity index (χ3v) is 5.40. The van der Waals surface area contributed by atoms with Gasteiger partial charge in [0.2, 0.25) is 11.8 Å². The van der Waals surface area contributed by atoms with Gasteiger partial charge in [-0.2, -0.15) is 5.10 Å². The van der Waals surface area contributed by atoms with Crippen LogP contribution in [0.3, 0.4) is 0 Å². The summed E-state index contributed by atoms with van der Waals surface area (Å²) >= 11 is 1.61. The number of nitrogens with two attached hydrogens (primary N) is 1. The fourth-order valence-corrected chi connectivity index (χ4v) is 4.00. The smallest absolute Gasteiger partial charge is 0.248 e. The van der Waals surface area contributed by atoms with E-state index in [2.05, 4.69) is 27.4 Å². The largest absolute Gasteiger partial charge is 0.324 e. The second kappa shape index (κ2) is 10.4. The fraction of sp³-hybridized carbons (Fsp3) is 0.444. The summed E-state index contributed by atoms with van der Waals surface area (Å²) in [6, 6.07) is 6.87. The molecule has 3 rings (SSSR count). The summed E-state index contributed by atoms with van der Waals surface area (Å²) in [6.07, 6.45) is 2.31. The van der Waals surface area contributed by atoms with Gasteiger partial charge in [0.15, 0.2) is 5.82 Å². The van der Waals surface area contributed by atoms with Crippen molar-refractivity contribution in [1.29, 1.82) is 0 Å². The molecule has 1 aliphatic rings. The van der Waals surface area contributed by atoms with Crippen molar-refractivity contribution in [3.8, 4) is 11.4 Å². The molecule has 0 radical (unpaired) electrons. The van der Waals surface area contributed by atoms with E-state index in [-0.39, 0.29) is 24.2 Å². The van der Waals surface area contributed by atoms with Gasteiger partial charge in [-0.1, -0.05) is 13.3 Å². The Labute approximate surface area is 174 Å². The molecule has 1 aromatic heterocycles. The molecular formula is C18H25ClN6O2S. The molecular weight excluding hydrogens is 400 g/mol. The molecule has 2 amide bonds. The number of anilines is 1. The highest BCUT2D eigenvalue weighted by Gasteiger charge is 2.34. The third kappa shape index (κ3) is 5.24. The minimum absolute atomic E-state index is 0. The van der Waals surface area contributed by atoms with Crippen molar-refractivity contribution in [2.45, 2.75) is 38.8 Å². The van der Waals surface area contributed by atoms with Gasteiger partial charge in [0.05, 0.1) is 12.4 Å². The number of thioether (sulfide) groups is 1. The number of nitrogens with one attached hydrogen (secondary N) is 2. The first kappa shape index (κ1) is 22.2. The number of aromatic nitrogens is 3. The Morgan fingerprint density at radius 3 is 2.75 bits per heavy atom. The molecule has 0 spiro atoms. The number of rotatable bonds is 7. The summed E-state index contributed by atoms with van der Waals surface area (Å²) in [5.41, 5.74) is 7.04. The number of nitrogens with zero attached hydrogens (tertiary/aromatic N) is 3. The molecule has 1 aliphatic heterocycles. The maximum absolute atomic E-state index is 12.6. The van der Waals surface area contributed by atoms with E-state index in [1.54, 1.807) is 28.8 Å². The Balaban J connectivity index is 0.00000280. The fourth-order valence-electron chi connectivity index (χ4n) is 2.82. The van der Waals surface area contributed by atoms with Crippen LogP contribution in [0.4, 0.5) is 5.69 Å². The van der Waals surface area contributed by atoms with Crippen molar-refractivity contribution in [1.82, 2.24) is 20.1 Å². The molecule has 2 heterocycles. The molecule has 1 aromatic carbocycles. The van der Waals surface area contributed by atoms with Crippen molar-refractivity contribution in [2.75, 3.05) is 16.9 Å². The quantitative estimate of drug-likeness (QED) is 0.628. The first-order chi connectivity index (χ1) is 13.1. The molecule has 10 heteroatoms. The molecule has 1 unspecified atom stereocenters. The maximum Gasteiger partial charge on any atom is 0.248 e. The summed E-state index contributed by atoms with van der Waals surface area (Å²) in [5, 5.41) is 9.79. The Bertz CT molecular complexity index is 798. The van der Waals surface area contributed by atoms with Crippen molar-refractivity contribution < 1.29 is 9.59 Å². The Morgan fingerprint density at radius 2 is 2.11 bits per heavy atom. The highest BCUT2D eigenvalue weighted by molar-refractivity contribution is 7.99. The zero-order valence-corrected chi connectivity index (χ0v) is 17.3. The number of halogens is 1. The van der Waals surface area contributed by atoms with Gasteiger partial charge in [0, 0.05) is 23.4 Å². The van der Waals surface area contributed by atoms with Crippen molar-refractivity contribution >= 4 is 41.7 Å². The number of hydrogen-bond donors (Lipinski definition) is 3. The Kier molecular flexibility index (Phi) is 8.28. The molecule has 8 nitrogen and oxygen atoms in total. The summed E-state index contributed by atoms with van der Waals surface area (Å²) in [5.74, 6) is 2.29. The average molecular weight is 425 g/mol. The Morgan fingerprint density at radius 1 is 1.36 bits per heavy atom. The first-order valence-electron chi connectivity index (χ1n) is 9.02. The van der Waals surface area contributed by atoms with E-state index in [1.165, 1.54) is 0 Å². The minimum atomic E-state index is -0.417. The van der Waals surface area contributed by atoms with Crippen molar-refractivity contribution in [3.05, 3.63) is 30.1 Å². The second-order valence-corrected chi connectivity index (χ2v) is 7.36. The van der Waals surface area contributed by atoms with E-state index in [0.29, 0.717) is 41.9 Å². The molecule has 4 N–H and O–H groups in total. The van der Waals surface area contributed by atoms with Crippen LogP contribution >= 0.6 is 24.2 Å². The summed E-state index contributed by atoms with van der Waals surface area (Å²) in [7, 11) is 0. The van der Waals surface area contributed by atoms with Gasteiger partial charge in [-0.3, -0.25) is 14.7 Å². The van der Waals surface area contributed by atoms with Crippen LogP contribution in [0, 0.1) is 0 Å². The number of benzene rings is 1. The molecule has 1 saturated heterocycles. The predicted octanol–water partition coefficient (Wildman–Crippen LogP) is 2.38. The first-order valence-corrected chi connectivity index (χ1v) is 10.2. The van der Waals surface area contributed by atoms with Crippen LogP contribution in [-0.2, 0) is 16.1 Å². The molecule has 28 heavy (non-hydrogen) atoms. The molecule has 0 saturated carbocycles. The second-order valence-electron chi connectivity index (χ2n) is 6.36. The van der Waals surface area contributed by atoms with Gasteiger partial charge < -0.3 is 16.0 Å². The van der Waals surface area contributed by atoms with Crippen molar-refractivity contribution in [2.24, 2.45) is 5.73 Å². The normalized spacial score (nSPS) is 15.9. The zero-order chi connectivity index (χ0) is 19.2. The monoisotopic (exact) mass is 424 g/mol. The van der Waals surface area contributed by atoms with Gasteiger partial charge in [-0.25, -0.2) is 4.98 Å². The van der Waals surface area contributed by atoms with Crippen LogP contribution in [0.1, 0.15) is 32.0 Å². The highest BCUT2D eigenvalue weighted by Crippen LogP contribution is 2.24. The molecule has 0 aliphatic carbocycles. The van der Waals surface area contributed by atoms with Crippen LogP contribution in [0.25, 0.3) is 11.4 Å². The minimum Gasteiger partial charge on any atom is -0.324 e. The van der Waals surface area contributed by atoms with Gasteiger partial charge in [0.1, 0.15) is 11.9 Å². The lowest BCUT2D eigenvalue weighted by atomic mass is 10.1. The molecule has 1 atom stereocenters. The lowest BCUT2D eigenvalue weighted by Crippen LogP contribution is -2.44. The number of amides is 2. The van der Waals surface area contributed by atoms with Crippen LogP contribution in [0.2, 0.25) is 0 Å². The molecule has 2 aromatic rings. The number of carbonyl (C=O) groups is 2. The molecule has 0 bridgehead atoms. The SMILES string of the molecule is CCCCC(=O)N1CSCC1C(=O)Nc1ccc(-c2n[nH]c(CN)n2)cc1.Cl. The van der Waals surface area contributed by atoms with Crippen LogP contribution in [0.15, 0.2) is 24.3 Å². The number of unbranched alkanes of at least 4 members (excludes halogenated alkanes) is 1. The maximum atomic E-state index is 12.6. The van der Waals surface area contributed by atoms with Crippen LogP contribution < -0.4 is 11.1 Å². The molecule has 1 fully saturated rings. The molecule has 152 valence electrons. The lowest BCUT2D eigenvalue weighted by Gasteiger charge is -2.23. The zero-order valence-electron chi connectivity index (χ0n) is 15.7. The highest BCUT2D eigenvalue weighted by atomic mass is 35.5. The van der Waals surface area contributed by atoms with E-state index in [4.69, 9.17) is 5.73 Å². The van der Waals surface area contributed by atoms with Crippen LogP contribution in [-0.4, -0.2) is 49.6 Å². The van der Waals surface area contributed by atoms with E-state index in [0.717, 1.165) is 18.4 Å². The number of carbonyl (C=O) groups excluding carboxylic acids is 2. The summed E-state index contributed by atoms with van der Waals surface area (Å²) in [6.45, 7) is 2.35. The predicted molar refractivity (Wildman–Crippen MR) is 113 cm³/mol. The van der Waals surface area contributed by atoms with E-state index in [9.17, 15) is 9.59 Å². The van der Waals surface area contributed by atoms with Gasteiger partial charge in [-0.15, -0.1) is 24.2 Å². The van der Waals surface area contributed by atoms with E-state index >= 15 is 0 Å². The number of aromatic amines is 1. The summed E-state index contributed by atoms with van der Waals surface area (Å²) < 4.78 is 0. The van der Waals surface area contributed by atoms with Gasteiger partial charge in [-0.05, 0) is 30.7 Å². The number of hydrogen-bond acceptors (Lipinski definition) is 6. The van der Waals surface area contributed by atoms with Gasteiger partial charge >= 0.3 is 0 Å². The van der Waals surface area contributed by atoms with Gasteiger partial charge in [0.25, 0.3) is 0 Å². The standard InChI is InChI=1S/C18H24N6O2S.ClH/c1-2-3-4-16(25)24-11-27-10-14(24)18(26)20-13-7-5-12(6-8-13)17-21-15(9-19)22-23-17;/h5-8,14H,2-4,9-11,19H2,1H3,(H,20,26)(H,21,22,23);1H.